The van der Waals surface area contributed by atoms with Gasteiger partial charge in [-0.15, -0.1) is 0 Å². The predicted octanol–water partition coefficient (Wildman–Crippen LogP) is 0.566. The zero-order valence-corrected chi connectivity index (χ0v) is 21.6. The highest BCUT2D eigenvalue weighted by molar-refractivity contribution is 5.79. The Kier molecular flexibility index (Phi) is 10.5. The number of aromatic hydroxyl groups is 1. The fourth-order valence-electron chi connectivity index (χ4n) is 4.20. The summed E-state index contributed by atoms with van der Waals surface area (Å²) in [6.07, 6.45) is -8.20. The van der Waals surface area contributed by atoms with Crippen LogP contribution in [0.5, 0.6) is 23.0 Å². The van der Waals surface area contributed by atoms with Gasteiger partial charge >= 0.3 is 5.97 Å². The number of aliphatic hydroxyl groups is 4. The van der Waals surface area contributed by atoms with E-state index in [9.17, 15) is 40.2 Å². The zero-order chi connectivity index (χ0) is 28.7. The van der Waals surface area contributed by atoms with E-state index in [0.717, 1.165) is 11.1 Å². The molecule has 39 heavy (non-hydrogen) atoms. The number of carbonyl (C=O) groups excluding carboxylic acids is 1. The first kappa shape index (κ1) is 30.1. The van der Waals surface area contributed by atoms with Crippen LogP contribution in [0.1, 0.15) is 30.4 Å². The number of carboxylic acids is 1. The van der Waals surface area contributed by atoms with Crippen LogP contribution in [0.3, 0.4) is 0 Å². The normalized spacial score (nSPS) is 23.6. The fraction of sp³-hybridized carbons (Fsp3) is 0.481. The molecule has 0 spiro atoms. The number of Topliss-reactive ketones (excluding diaryl/α,β-unsaturated/α-hetero) is 1. The van der Waals surface area contributed by atoms with Gasteiger partial charge in [0.05, 0.1) is 20.3 Å². The van der Waals surface area contributed by atoms with Gasteiger partial charge in [-0.2, -0.15) is 0 Å². The Morgan fingerprint density at radius 1 is 0.897 bits per heavy atom. The van der Waals surface area contributed by atoms with Crippen molar-refractivity contribution in [3.8, 4) is 23.0 Å². The van der Waals surface area contributed by atoms with Gasteiger partial charge in [0.1, 0.15) is 24.1 Å². The van der Waals surface area contributed by atoms with Crippen LogP contribution < -0.4 is 14.2 Å². The van der Waals surface area contributed by atoms with Crippen LogP contribution in [0.25, 0.3) is 0 Å². The van der Waals surface area contributed by atoms with Gasteiger partial charge in [0.2, 0.25) is 6.29 Å². The minimum absolute atomic E-state index is 0.0105. The summed E-state index contributed by atoms with van der Waals surface area (Å²) >= 11 is 0. The zero-order valence-electron chi connectivity index (χ0n) is 21.6. The number of hydrogen-bond donors (Lipinski definition) is 6. The fourth-order valence-corrected chi connectivity index (χ4v) is 4.20. The molecule has 1 aliphatic heterocycles. The smallest absolute Gasteiger partial charge is 0.335 e. The lowest BCUT2D eigenvalue weighted by atomic mass is 9.99. The standard InChI is InChI=1S/C27H34O12/c1-36-20-11-14(5-9-18(20)30)3-7-16(28)13-17(29)8-4-15-6-10-19(21(12-15)37-2)38-27-24(33)22(31)23(32)25(39-27)26(34)35/h5-6,9-12,16,22-25,27-28,30-33H,3-4,7-8,13H2,1-2H3,(H,34,35)/t16-,22+,23-,24+,25+,27+/m0/s1. The maximum absolute atomic E-state index is 12.4. The van der Waals surface area contributed by atoms with Gasteiger partial charge in [0.25, 0.3) is 0 Å². The lowest BCUT2D eigenvalue weighted by Crippen LogP contribution is -2.61. The molecule has 1 heterocycles. The number of methoxy groups -OCH3 is 2. The monoisotopic (exact) mass is 550 g/mol. The average Bonchev–Trinajstić information content (AvgIpc) is 2.91. The van der Waals surface area contributed by atoms with Crippen LogP contribution in [-0.2, 0) is 27.2 Å². The van der Waals surface area contributed by atoms with Crippen molar-refractivity contribution in [1.29, 1.82) is 0 Å². The van der Waals surface area contributed by atoms with Crippen LogP contribution in [0.4, 0.5) is 0 Å². The molecule has 2 aromatic carbocycles. The van der Waals surface area contributed by atoms with Gasteiger partial charge in [-0.05, 0) is 54.7 Å². The predicted molar refractivity (Wildman–Crippen MR) is 135 cm³/mol. The molecule has 6 N–H and O–H groups in total. The first-order valence-corrected chi connectivity index (χ1v) is 12.4. The molecule has 12 heteroatoms. The van der Waals surface area contributed by atoms with Crippen molar-refractivity contribution in [1.82, 2.24) is 0 Å². The number of carbonyl (C=O) groups is 2. The van der Waals surface area contributed by atoms with Crippen molar-refractivity contribution >= 4 is 11.8 Å². The van der Waals surface area contributed by atoms with E-state index in [1.807, 2.05) is 0 Å². The first-order chi connectivity index (χ1) is 18.5. The summed E-state index contributed by atoms with van der Waals surface area (Å²) in [6.45, 7) is 0. The number of aliphatic carboxylic acids is 1. The Balaban J connectivity index is 1.52. The van der Waals surface area contributed by atoms with Gasteiger partial charge in [-0.3, -0.25) is 4.79 Å². The highest BCUT2D eigenvalue weighted by atomic mass is 16.7. The van der Waals surface area contributed by atoms with Crippen molar-refractivity contribution in [3.05, 3.63) is 47.5 Å². The molecule has 214 valence electrons. The average molecular weight is 551 g/mol. The second kappa shape index (κ2) is 13.6. The van der Waals surface area contributed by atoms with Crippen LogP contribution in [-0.4, -0.2) is 93.4 Å². The molecule has 12 nitrogen and oxygen atoms in total. The molecular formula is C27H34O12. The van der Waals surface area contributed by atoms with E-state index in [2.05, 4.69) is 0 Å². The number of ether oxygens (including phenoxy) is 4. The molecule has 3 rings (SSSR count). The Hall–Kier alpha value is -3.42. The quantitative estimate of drug-likeness (QED) is 0.203. The summed E-state index contributed by atoms with van der Waals surface area (Å²) < 4.78 is 21.1. The number of phenols is 1. The Morgan fingerprint density at radius 3 is 2.21 bits per heavy atom. The van der Waals surface area contributed by atoms with Gasteiger partial charge in [-0.1, -0.05) is 12.1 Å². The summed E-state index contributed by atoms with van der Waals surface area (Å²) in [4.78, 5) is 23.7. The third kappa shape index (κ3) is 7.80. The van der Waals surface area contributed by atoms with Crippen molar-refractivity contribution in [2.24, 2.45) is 0 Å². The number of aliphatic hydroxyl groups excluding tert-OH is 4. The van der Waals surface area contributed by atoms with E-state index in [-0.39, 0.29) is 35.9 Å². The second-order valence-corrected chi connectivity index (χ2v) is 9.28. The molecule has 0 amide bonds. The van der Waals surface area contributed by atoms with Gasteiger partial charge in [0, 0.05) is 12.8 Å². The first-order valence-electron chi connectivity index (χ1n) is 12.4. The van der Waals surface area contributed by atoms with Gasteiger partial charge in [-0.25, -0.2) is 4.79 Å². The molecule has 0 aromatic heterocycles. The molecule has 2 aromatic rings. The summed E-state index contributed by atoms with van der Waals surface area (Å²) in [5.41, 5.74) is 1.59. The molecule has 1 fully saturated rings. The van der Waals surface area contributed by atoms with Crippen LogP contribution >= 0.6 is 0 Å². The third-order valence-corrected chi connectivity index (χ3v) is 6.45. The molecular weight excluding hydrogens is 516 g/mol. The van der Waals surface area contributed by atoms with Crippen molar-refractivity contribution in [3.63, 3.8) is 0 Å². The van der Waals surface area contributed by atoms with E-state index < -0.39 is 42.8 Å². The molecule has 0 saturated carbocycles. The largest absolute Gasteiger partial charge is 0.504 e. The highest BCUT2D eigenvalue weighted by Crippen LogP contribution is 2.32. The van der Waals surface area contributed by atoms with Crippen LogP contribution in [0, 0.1) is 0 Å². The molecule has 6 atom stereocenters. The lowest BCUT2D eigenvalue weighted by molar-refractivity contribution is -0.271. The van der Waals surface area contributed by atoms with Gasteiger partial charge in [0.15, 0.2) is 29.1 Å². The number of benzene rings is 2. The van der Waals surface area contributed by atoms with Crippen LogP contribution in [0.15, 0.2) is 36.4 Å². The number of rotatable bonds is 13. The summed E-state index contributed by atoms with van der Waals surface area (Å²) in [7, 11) is 2.82. The lowest BCUT2D eigenvalue weighted by Gasteiger charge is -2.38. The molecule has 0 unspecified atom stereocenters. The number of carboxylic acid groups (broad SMARTS) is 1. The van der Waals surface area contributed by atoms with Gasteiger partial charge < -0.3 is 49.6 Å². The molecule has 0 bridgehead atoms. The third-order valence-electron chi connectivity index (χ3n) is 6.45. The van der Waals surface area contributed by atoms with E-state index >= 15 is 0 Å². The number of phenolic OH excluding ortho intramolecular Hbond substituents is 1. The number of ketones is 1. The number of aryl methyl sites for hydroxylation is 2. The second-order valence-electron chi connectivity index (χ2n) is 9.28. The topological polar surface area (TPSA) is 192 Å². The molecule has 1 aliphatic rings. The van der Waals surface area contributed by atoms with E-state index in [1.54, 1.807) is 24.3 Å². The molecule has 0 radical (unpaired) electrons. The van der Waals surface area contributed by atoms with Crippen molar-refractivity contribution in [2.45, 2.75) is 68.9 Å². The SMILES string of the molecule is COc1cc(CC[C@H](O)CC(=O)CCc2ccc(O[C@@H]3O[C@@H](C(=O)O)[C@@H](O)[C@@H](O)[C@H]3O)c(OC)c2)ccc1O. The van der Waals surface area contributed by atoms with E-state index in [4.69, 9.17) is 18.9 Å². The highest BCUT2D eigenvalue weighted by Gasteiger charge is 2.48. The Bertz CT molecular complexity index is 1140. The van der Waals surface area contributed by atoms with E-state index in [0.29, 0.717) is 25.0 Å². The Labute approximate surface area is 224 Å². The minimum Gasteiger partial charge on any atom is -0.504 e. The Morgan fingerprint density at radius 2 is 1.54 bits per heavy atom. The molecule has 1 saturated heterocycles. The van der Waals surface area contributed by atoms with Crippen molar-refractivity contribution in [2.75, 3.05) is 14.2 Å². The van der Waals surface area contributed by atoms with Crippen molar-refractivity contribution < 1.29 is 59.2 Å². The summed E-state index contributed by atoms with van der Waals surface area (Å²) in [5.74, 6) is -0.985. The maximum atomic E-state index is 12.4. The minimum atomic E-state index is -1.84. The maximum Gasteiger partial charge on any atom is 0.335 e. The van der Waals surface area contributed by atoms with Crippen LogP contribution in [0.2, 0.25) is 0 Å². The van der Waals surface area contributed by atoms with E-state index in [1.165, 1.54) is 26.4 Å². The molecule has 0 aliphatic carbocycles. The number of hydrogen-bond acceptors (Lipinski definition) is 11. The summed E-state index contributed by atoms with van der Waals surface area (Å²) in [5, 5.41) is 59.1. The summed E-state index contributed by atoms with van der Waals surface area (Å²) in [6, 6.07) is 9.66.